The van der Waals surface area contributed by atoms with E-state index in [0.717, 1.165) is 0 Å². The summed E-state index contributed by atoms with van der Waals surface area (Å²) in [5.74, 6) is -2.09. The van der Waals surface area contributed by atoms with Crippen molar-refractivity contribution in [2.45, 2.75) is 26.2 Å². The molecule has 0 unspecified atom stereocenters. The molecule has 2 aromatic rings. The quantitative estimate of drug-likeness (QED) is 0.868. The number of nitrogens with zero attached hydrogens (tertiary/aromatic N) is 3. The largest absolute Gasteiger partial charge is 0.481 e. The second-order valence-corrected chi connectivity index (χ2v) is 4.93. The van der Waals surface area contributed by atoms with Crippen LogP contribution in [0.3, 0.4) is 0 Å². The van der Waals surface area contributed by atoms with Gasteiger partial charge >= 0.3 is 11.9 Å². The van der Waals surface area contributed by atoms with Gasteiger partial charge in [-0.3, -0.25) is 4.79 Å². The number of carboxylic acid groups (broad SMARTS) is 2. The van der Waals surface area contributed by atoms with Crippen molar-refractivity contribution in [1.29, 1.82) is 0 Å². The summed E-state index contributed by atoms with van der Waals surface area (Å²) in [4.78, 5) is 21.8. The lowest BCUT2D eigenvalue weighted by Gasteiger charge is -2.10. The molecule has 0 saturated heterocycles. The number of hydrogen-bond donors (Lipinski definition) is 2. The van der Waals surface area contributed by atoms with E-state index in [2.05, 4.69) is 10.3 Å². The van der Waals surface area contributed by atoms with Crippen molar-refractivity contribution in [3.05, 3.63) is 41.2 Å². The van der Waals surface area contributed by atoms with Crippen LogP contribution in [0.1, 0.15) is 41.5 Å². The van der Waals surface area contributed by atoms with E-state index < -0.39 is 11.9 Å². The smallest absolute Gasteiger partial charge is 0.358 e. The Labute approximate surface area is 120 Å². The average molecular weight is 289 g/mol. The highest BCUT2D eigenvalue weighted by Crippen LogP contribution is 2.21. The molecular weight excluding hydrogens is 274 g/mol. The fraction of sp³-hybridized carbons (Fsp3) is 0.286. The summed E-state index contributed by atoms with van der Waals surface area (Å²) in [5, 5.41) is 25.5. The van der Waals surface area contributed by atoms with Crippen LogP contribution in [0.4, 0.5) is 0 Å². The van der Waals surface area contributed by atoms with Gasteiger partial charge in [-0.1, -0.05) is 31.2 Å². The van der Waals surface area contributed by atoms with E-state index in [0.29, 0.717) is 16.9 Å². The number of carboxylic acids is 2. The Morgan fingerprint density at radius 3 is 2.29 bits per heavy atom. The van der Waals surface area contributed by atoms with Crippen molar-refractivity contribution in [3.63, 3.8) is 0 Å². The minimum atomic E-state index is -1.12. The first-order valence-corrected chi connectivity index (χ1v) is 6.40. The first-order chi connectivity index (χ1) is 9.90. The number of hydrogen-bond acceptors (Lipinski definition) is 4. The minimum Gasteiger partial charge on any atom is -0.481 e. The summed E-state index contributed by atoms with van der Waals surface area (Å²) in [6.07, 6.45) is -0.0605. The van der Waals surface area contributed by atoms with Crippen molar-refractivity contribution in [2.75, 3.05) is 0 Å². The Morgan fingerprint density at radius 1 is 1.19 bits per heavy atom. The van der Waals surface area contributed by atoms with Crippen molar-refractivity contribution in [1.82, 2.24) is 15.0 Å². The summed E-state index contributed by atoms with van der Waals surface area (Å²) in [6, 6.07) is 6.75. The van der Waals surface area contributed by atoms with Gasteiger partial charge in [0, 0.05) is 0 Å². The van der Waals surface area contributed by atoms with E-state index >= 15 is 0 Å². The Balaban J connectivity index is 2.42. The zero-order chi connectivity index (χ0) is 15.6. The molecule has 0 aliphatic heterocycles. The molecule has 2 N–H and O–H groups in total. The maximum absolute atomic E-state index is 11.2. The van der Waals surface area contributed by atoms with Gasteiger partial charge in [0.15, 0.2) is 5.69 Å². The predicted molar refractivity (Wildman–Crippen MR) is 73.7 cm³/mol. The molecule has 0 radical (unpaired) electrons. The number of aromatic nitrogens is 3. The Bertz CT molecular complexity index is 674. The zero-order valence-corrected chi connectivity index (χ0v) is 11.6. The Kier molecular flexibility index (Phi) is 4.02. The van der Waals surface area contributed by atoms with Crippen LogP contribution in [0.25, 0.3) is 5.69 Å². The molecule has 0 bridgehead atoms. The van der Waals surface area contributed by atoms with E-state index in [-0.39, 0.29) is 18.0 Å². The summed E-state index contributed by atoms with van der Waals surface area (Å²) in [6.45, 7) is 3.72. The number of aliphatic carboxylic acids is 1. The van der Waals surface area contributed by atoms with Crippen LogP contribution in [-0.2, 0) is 11.2 Å². The van der Waals surface area contributed by atoms with Crippen LogP contribution in [0.5, 0.6) is 0 Å². The van der Waals surface area contributed by atoms with Gasteiger partial charge in [-0.2, -0.15) is 0 Å². The van der Waals surface area contributed by atoms with Gasteiger partial charge in [0.2, 0.25) is 0 Å². The summed E-state index contributed by atoms with van der Waals surface area (Å²) >= 11 is 0. The summed E-state index contributed by atoms with van der Waals surface area (Å²) in [5.41, 5.74) is 1.75. The normalized spacial score (nSPS) is 10.8. The monoisotopic (exact) mass is 289 g/mol. The van der Waals surface area contributed by atoms with Gasteiger partial charge < -0.3 is 10.2 Å². The van der Waals surface area contributed by atoms with E-state index in [9.17, 15) is 9.59 Å². The molecule has 1 heterocycles. The molecule has 7 nitrogen and oxygen atoms in total. The number of aromatic carboxylic acids is 1. The van der Waals surface area contributed by atoms with E-state index in [1.54, 1.807) is 24.3 Å². The highest BCUT2D eigenvalue weighted by atomic mass is 16.4. The van der Waals surface area contributed by atoms with Crippen LogP contribution in [0.15, 0.2) is 24.3 Å². The molecule has 7 heteroatoms. The van der Waals surface area contributed by atoms with Crippen molar-refractivity contribution >= 4 is 11.9 Å². The third-order valence-corrected chi connectivity index (χ3v) is 2.99. The van der Waals surface area contributed by atoms with Gasteiger partial charge in [-0.05, 0) is 23.6 Å². The van der Waals surface area contributed by atoms with Crippen LogP contribution in [-0.4, -0.2) is 37.1 Å². The molecule has 0 fully saturated rings. The average Bonchev–Trinajstić information content (AvgIpc) is 2.83. The second-order valence-electron chi connectivity index (χ2n) is 4.93. The molecule has 0 aliphatic rings. The molecule has 2 rings (SSSR count). The highest BCUT2D eigenvalue weighted by molar-refractivity contribution is 5.86. The molecule has 110 valence electrons. The second kappa shape index (κ2) is 5.74. The molecule has 0 saturated carbocycles. The molecule has 0 spiro atoms. The molecule has 1 aromatic carbocycles. The standard InChI is InChI=1S/C14H15N3O4/c1-8(2)13-12(14(20)21)15-16-17(13)10-5-3-9(4-6-10)7-11(18)19/h3-6,8H,7H2,1-2H3,(H,18,19)(H,20,21). The van der Waals surface area contributed by atoms with Gasteiger partial charge in [0.05, 0.1) is 17.8 Å². The molecular formula is C14H15N3O4. The number of benzene rings is 1. The van der Waals surface area contributed by atoms with E-state index in [1.165, 1.54) is 4.68 Å². The van der Waals surface area contributed by atoms with Gasteiger partial charge in [0.25, 0.3) is 0 Å². The fourth-order valence-electron chi connectivity index (χ4n) is 2.08. The lowest BCUT2D eigenvalue weighted by molar-refractivity contribution is -0.136. The van der Waals surface area contributed by atoms with E-state index in [1.807, 2.05) is 13.8 Å². The predicted octanol–water partition coefficient (Wildman–Crippen LogP) is 1.72. The van der Waals surface area contributed by atoms with Crippen LogP contribution in [0, 0.1) is 0 Å². The number of carbonyl (C=O) groups is 2. The molecule has 0 atom stereocenters. The Hall–Kier alpha value is -2.70. The minimum absolute atomic E-state index is 0.0605. The first kappa shape index (κ1) is 14.7. The maximum Gasteiger partial charge on any atom is 0.358 e. The number of rotatable bonds is 5. The summed E-state index contributed by atoms with van der Waals surface area (Å²) in [7, 11) is 0. The van der Waals surface area contributed by atoms with E-state index in [4.69, 9.17) is 10.2 Å². The third-order valence-electron chi connectivity index (χ3n) is 2.99. The lowest BCUT2D eigenvalue weighted by Crippen LogP contribution is -2.08. The van der Waals surface area contributed by atoms with Gasteiger partial charge in [0.1, 0.15) is 0 Å². The summed E-state index contributed by atoms with van der Waals surface area (Å²) < 4.78 is 1.47. The first-order valence-electron chi connectivity index (χ1n) is 6.40. The maximum atomic E-state index is 11.2. The molecule has 0 aliphatic carbocycles. The SMILES string of the molecule is CC(C)c1c(C(=O)O)nnn1-c1ccc(CC(=O)O)cc1. The van der Waals surface area contributed by atoms with Crippen molar-refractivity contribution in [2.24, 2.45) is 0 Å². The zero-order valence-electron chi connectivity index (χ0n) is 11.6. The van der Waals surface area contributed by atoms with Crippen LogP contribution >= 0.6 is 0 Å². The van der Waals surface area contributed by atoms with Crippen LogP contribution in [0.2, 0.25) is 0 Å². The van der Waals surface area contributed by atoms with Crippen LogP contribution < -0.4 is 0 Å². The van der Waals surface area contributed by atoms with Crippen molar-refractivity contribution < 1.29 is 19.8 Å². The lowest BCUT2D eigenvalue weighted by atomic mass is 10.1. The van der Waals surface area contributed by atoms with Gasteiger partial charge in [-0.15, -0.1) is 5.10 Å². The third kappa shape index (κ3) is 3.07. The Morgan fingerprint density at radius 2 is 1.81 bits per heavy atom. The fourth-order valence-corrected chi connectivity index (χ4v) is 2.08. The molecule has 0 amide bonds. The highest BCUT2D eigenvalue weighted by Gasteiger charge is 2.22. The van der Waals surface area contributed by atoms with Gasteiger partial charge in [-0.25, -0.2) is 9.48 Å². The van der Waals surface area contributed by atoms with Crippen molar-refractivity contribution in [3.8, 4) is 5.69 Å². The topological polar surface area (TPSA) is 105 Å². The molecule has 1 aromatic heterocycles. The molecule has 21 heavy (non-hydrogen) atoms.